The minimum Gasteiger partial charge on any atom is -0.467 e. The van der Waals surface area contributed by atoms with E-state index in [4.69, 9.17) is 4.74 Å². The van der Waals surface area contributed by atoms with Crippen molar-refractivity contribution in [2.45, 2.75) is 64.3 Å². The van der Waals surface area contributed by atoms with Crippen molar-refractivity contribution in [2.24, 2.45) is 0 Å². The van der Waals surface area contributed by atoms with E-state index in [2.05, 4.69) is 32.5 Å². The van der Waals surface area contributed by atoms with E-state index in [-0.39, 0.29) is 0 Å². The van der Waals surface area contributed by atoms with Crippen molar-refractivity contribution < 1.29 is 4.74 Å². The summed E-state index contributed by atoms with van der Waals surface area (Å²) < 4.78 is 5.17. The van der Waals surface area contributed by atoms with E-state index in [0.717, 1.165) is 13.0 Å². The Bertz CT molecular complexity index is 419. The SMILES string of the molecule is CCCNc1nc(NC2CCCCCCC2)nc(OC)n1. The molecule has 1 aromatic heterocycles. The summed E-state index contributed by atoms with van der Waals surface area (Å²) in [6.07, 6.45) is 10.00. The van der Waals surface area contributed by atoms with Crippen LogP contribution in [-0.4, -0.2) is 34.6 Å². The molecule has 6 heteroatoms. The number of nitrogens with one attached hydrogen (secondary N) is 2. The molecule has 0 saturated heterocycles. The highest BCUT2D eigenvalue weighted by atomic mass is 16.5. The first-order chi connectivity index (χ1) is 10.3. The van der Waals surface area contributed by atoms with Crippen LogP contribution in [-0.2, 0) is 0 Å². The van der Waals surface area contributed by atoms with Gasteiger partial charge in [-0.1, -0.05) is 39.0 Å². The van der Waals surface area contributed by atoms with Crippen LogP contribution >= 0.6 is 0 Å². The van der Waals surface area contributed by atoms with Crippen LogP contribution < -0.4 is 15.4 Å². The predicted molar refractivity (Wildman–Crippen MR) is 84.9 cm³/mol. The van der Waals surface area contributed by atoms with Gasteiger partial charge < -0.3 is 15.4 Å². The zero-order valence-corrected chi connectivity index (χ0v) is 13.2. The van der Waals surface area contributed by atoms with E-state index in [9.17, 15) is 0 Å². The number of rotatable bonds is 6. The second kappa shape index (κ2) is 8.64. The first-order valence-electron chi connectivity index (χ1n) is 8.12. The molecule has 2 rings (SSSR count). The highest BCUT2D eigenvalue weighted by Gasteiger charge is 2.14. The first-order valence-corrected chi connectivity index (χ1v) is 8.12. The van der Waals surface area contributed by atoms with Crippen LogP contribution in [0.25, 0.3) is 0 Å². The molecule has 118 valence electrons. The van der Waals surface area contributed by atoms with Gasteiger partial charge in [0.05, 0.1) is 7.11 Å². The van der Waals surface area contributed by atoms with Gasteiger partial charge in [0, 0.05) is 12.6 Å². The van der Waals surface area contributed by atoms with E-state index < -0.39 is 0 Å². The predicted octanol–water partition coefficient (Wildman–Crippen LogP) is 3.23. The van der Waals surface area contributed by atoms with Gasteiger partial charge in [-0.15, -0.1) is 0 Å². The summed E-state index contributed by atoms with van der Waals surface area (Å²) in [5.74, 6) is 1.20. The molecule has 1 fully saturated rings. The number of hydrogen-bond acceptors (Lipinski definition) is 6. The minimum absolute atomic E-state index is 0.358. The van der Waals surface area contributed by atoms with Gasteiger partial charge in [-0.3, -0.25) is 0 Å². The van der Waals surface area contributed by atoms with Gasteiger partial charge in [-0.25, -0.2) is 0 Å². The van der Waals surface area contributed by atoms with Crippen molar-refractivity contribution in [3.05, 3.63) is 0 Å². The number of nitrogens with zero attached hydrogens (tertiary/aromatic N) is 3. The van der Waals surface area contributed by atoms with Crippen LogP contribution in [0.2, 0.25) is 0 Å². The molecule has 0 radical (unpaired) electrons. The van der Waals surface area contributed by atoms with Crippen molar-refractivity contribution in [1.82, 2.24) is 15.0 Å². The fraction of sp³-hybridized carbons (Fsp3) is 0.800. The van der Waals surface area contributed by atoms with Crippen molar-refractivity contribution in [2.75, 3.05) is 24.3 Å². The molecule has 1 saturated carbocycles. The van der Waals surface area contributed by atoms with Crippen molar-refractivity contribution in [3.8, 4) is 6.01 Å². The monoisotopic (exact) mass is 293 g/mol. The third-order valence-corrected chi connectivity index (χ3v) is 3.77. The summed E-state index contributed by atoms with van der Waals surface area (Å²) in [5, 5.41) is 6.64. The van der Waals surface area contributed by atoms with E-state index in [0.29, 0.717) is 23.9 Å². The van der Waals surface area contributed by atoms with E-state index in [1.165, 1.54) is 44.9 Å². The summed E-state index contributed by atoms with van der Waals surface area (Å²) >= 11 is 0. The Hall–Kier alpha value is -1.59. The molecule has 1 aromatic rings. The molecule has 0 atom stereocenters. The Kier molecular flexibility index (Phi) is 6.50. The van der Waals surface area contributed by atoms with Crippen molar-refractivity contribution in [1.29, 1.82) is 0 Å². The van der Waals surface area contributed by atoms with Crippen molar-refractivity contribution in [3.63, 3.8) is 0 Å². The average molecular weight is 293 g/mol. The molecular weight excluding hydrogens is 266 g/mol. The molecule has 0 unspecified atom stereocenters. The summed E-state index contributed by atoms with van der Waals surface area (Å²) in [7, 11) is 1.58. The Labute approximate surface area is 127 Å². The molecule has 1 aliphatic rings. The maximum atomic E-state index is 5.17. The van der Waals surface area contributed by atoms with Gasteiger partial charge in [0.2, 0.25) is 11.9 Å². The van der Waals surface area contributed by atoms with Gasteiger partial charge in [0.15, 0.2) is 0 Å². The molecule has 21 heavy (non-hydrogen) atoms. The van der Waals surface area contributed by atoms with Crippen LogP contribution in [0, 0.1) is 0 Å². The normalized spacial score (nSPS) is 16.9. The van der Waals surface area contributed by atoms with Gasteiger partial charge in [0.25, 0.3) is 0 Å². The molecule has 1 heterocycles. The van der Waals surface area contributed by atoms with E-state index in [1.54, 1.807) is 7.11 Å². The number of aromatic nitrogens is 3. The topological polar surface area (TPSA) is 72.0 Å². The van der Waals surface area contributed by atoms with Gasteiger partial charge in [-0.2, -0.15) is 15.0 Å². The Balaban J connectivity index is 2.02. The summed E-state index contributed by atoms with van der Waals surface area (Å²) in [6.45, 7) is 2.95. The quantitative estimate of drug-likeness (QED) is 0.839. The molecular formula is C15H27N5O. The largest absolute Gasteiger partial charge is 0.467 e. The van der Waals surface area contributed by atoms with Gasteiger partial charge in [-0.05, 0) is 19.3 Å². The third kappa shape index (κ3) is 5.36. The van der Waals surface area contributed by atoms with Gasteiger partial charge >= 0.3 is 6.01 Å². The Morgan fingerprint density at radius 3 is 2.33 bits per heavy atom. The smallest absolute Gasteiger partial charge is 0.322 e. The third-order valence-electron chi connectivity index (χ3n) is 3.77. The molecule has 2 N–H and O–H groups in total. The lowest BCUT2D eigenvalue weighted by Gasteiger charge is -2.21. The molecule has 0 spiro atoms. The zero-order valence-electron chi connectivity index (χ0n) is 13.2. The Morgan fingerprint density at radius 2 is 1.67 bits per heavy atom. The number of methoxy groups -OCH3 is 1. The first kappa shape index (κ1) is 15.8. The molecule has 6 nitrogen and oxygen atoms in total. The van der Waals surface area contributed by atoms with Crippen LogP contribution in [0.15, 0.2) is 0 Å². The van der Waals surface area contributed by atoms with E-state index in [1.807, 2.05) is 0 Å². The zero-order chi connectivity index (χ0) is 14.9. The maximum Gasteiger partial charge on any atom is 0.322 e. The molecule has 0 amide bonds. The second-order valence-electron chi connectivity index (χ2n) is 5.58. The van der Waals surface area contributed by atoms with Crippen LogP contribution in [0.1, 0.15) is 58.3 Å². The highest BCUT2D eigenvalue weighted by molar-refractivity contribution is 5.36. The number of anilines is 2. The van der Waals surface area contributed by atoms with Crippen LogP contribution in [0.3, 0.4) is 0 Å². The lowest BCUT2D eigenvalue weighted by Crippen LogP contribution is -2.22. The fourth-order valence-corrected chi connectivity index (χ4v) is 2.61. The van der Waals surface area contributed by atoms with E-state index >= 15 is 0 Å². The van der Waals surface area contributed by atoms with Crippen molar-refractivity contribution >= 4 is 11.9 Å². The maximum absolute atomic E-state index is 5.17. The summed E-state index contributed by atoms with van der Waals surface area (Å²) in [5.41, 5.74) is 0. The minimum atomic E-state index is 0.358. The van der Waals surface area contributed by atoms with Crippen LogP contribution in [0.5, 0.6) is 6.01 Å². The fourth-order valence-electron chi connectivity index (χ4n) is 2.61. The lowest BCUT2D eigenvalue weighted by atomic mass is 9.97. The molecule has 0 aliphatic heterocycles. The standard InChI is InChI=1S/C15H27N5O/c1-3-11-16-13-18-14(20-15(19-13)21-2)17-12-9-7-5-4-6-8-10-12/h12H,3-11H2,1-2H3,(H2,16,17,18,19,20). The summed E-state index contributed by atoms with van der Waals surface area (Å²) in [4.78, 5) is 13.0. The average Bonchev–Trinajstić information content (AvgIpc) is 2.47. The summed E-state index contributed by atoms with van der Waals surface area (Å²) in [6, 6.07) is 0.813. The highest BCUT2D eigenvalue weighted by Crippen LogP contribution is 2.20. The molecule has 1 aliphatic carbocycles. The number of hydrogen-bond donors (Lipinski definition) is 2. The second-order valence-corrected chi connectivity index (χ2v) is 5.58. The number of ether oxygens (including phenoxy) is 1. The molecule has 0 aromatic carbocycles. The Morgan fingerprint density at radius 1 is 1.00 bits per heavy atom. The lowest BCUT2D eigenvalue weighted by molar-refractivity contribution is 0.379. The molecule has 0 bridgehead atoms. The van der Waals surface area contributed by atoms with Crippen LogP contribution in [0.4, 0.5) is 11.9 Å². The van der Waals surface area contributed by atoms with Gasteiger partial charge in [0.1, 0.15) is 0 Å².